The SMILES string of the molecule is CC(NC(=O)c1cccc(C(=O)OC(C)(C)C)c1)c1nnc2ccccn12. The minimum Gasteiger partial charge on any atom is -0.456 e. The van der Waals surface area contributed by atoms with Crippen LogP contribution < -0.4 is 5.32 Å². The van der Waals surface area contributed by atoms with Crippen LogP contribution in [-0.2, 0) is 4.74 Å². The molecule has 1 unspecified atom stereocenters. The summed E-state index contributed by atoms with van der Waals surface area (Å²) >= 11 is 0. The standard InChI is InChI=1S/C20H22N4O3/c1-13(17-23-22-16-10-5-6-11-24(16)17)21-18(25)14-8-7-9-15(12-14)19(26)27-20(2,3)4/h5-13H,1-4H3,(H,21,25). The number of amides is 1. The zero-order valence-corrected chi connectivity index (χ0v) is 15.8. The van der Waals surface area contributed by atoms with Gasteiger partial charge in [0.25, 0.3) is 5.91 Å². The number of nitrogens with zero attached hydrogens (tertiary/aromatic N) is 3. The largest absolute Gasteiger partial charge is 0.456 e. The van der Waals surface area contributed by atoms with E-state index in [9.17, 15) is 9.59 Å². The molecule has 140 valence electrons. The van der Waals surface area contributed by atoms with Crippen LogP contribution in [0.4, 0.5) is 0 Å². The van der Waals surface area contributed by atoms with Crippen LogP contribution in [0.15, 0.2) is 48.7 Å². The van der Waals surface area contributed by atoms with Crippen molar-refractivity contribution in [3.8, 4) is 0 Å². The molecule has 2 aromatic heterocycles. The summed E-state index contributed by atoms with van der Waals surface area (Å²) in [6.45, 7) is 7.23. The van der Waals surface area contributed by atoms with Crippen molar-refractivity contribution < 1.29 is 14.3 Å². The van der Waals surface area contributed by atoms with Gasteiger partial charge in [-0.2, -0.15) is 0 Å². The Morgan fingerprint density at radius 1 is 1.07 bits per heavy atom. The number of carbonyl (C=O) groups excluding carboxylic acids is 2. The third-order valence-corrected chi connectivity index (χ3v) is 3.83. The average molecular weight is 366 g/mol. The molecule has 1 N–H and O–H groups in total. The molecule has 7 heteroatoms. The summed E-state index contributed by atoms with van der Waals surface area (Å²) in [7, 11) is 0. The number of carbonyl (C=O) groups is 2. The summed E-state index contributed by atoms with van der Waals surface area (Å²) in [5.41, 5.74) is 0.816. The lowest BCUT2D eigenvalue weighted by Gasteiger charge is -2.19. The molecule has 3 aromatic rings. The number of hydrogen-bond acceptors (Lipinski definition) is 5. The maximum absolute atomic E-state index is 12.6. The highest BCUT2D eigenvalue weighted by Gasteiger charge is 2.20. The van der Waals surface area contributed by atoms with Gasteiger partial charge in [-0.3, -0.25) is 9.20 Å². The highest BCUT2D eigenvalue weighted by molar-refractivity contribution is 5.98. The van der Waals surface area contributed by atoms with Crippen molar-refractivity contribution in [1.29, 1.82) is 0 Å². The lowest BCUT2D eigenvalue weighted by atomic mass is 10.1. The van der Waals surface area contributed by atoms with Crippen molar-refractivity contribution in [3.63, 3.8) is 0 Å². The fourth-order valence-electron chi connectivity index (χ4n) is 2.62. The molecule has 0 fully saturated rings. The first-order valence-electron chi connectivity index (χ1n) is 8.68. The van der Waals surface area contributed by atoms with E-state index in [2.05, 4.69) is 15.5 Å². The van der Waals surface area contributed by atoms with E-state index in [1.165, 1.54) is 6.07 Å². The lowest BCUT2D eigenvalue weighted by molar-refractivity contribution is 0.00695. The highest BCUT2D eigenvalue weighted by atomic mass is 16.6. The number of ether oxygens (including phenoxy) is 1. The maximum atomic E-state index is 12.6. The molecule has 0 bridgehead atoms. The van der Waals surface area contributed by atoms with Gasteiger partial charge in [0.05, 0.1) is 11.6 Å². The van der Waals surface area contributed by atoms with Crippen molar-refractivity contribution in [1.82, 2.24) is 19.9 Å². The van der Waals surface area contributed by atoms with E-state index < -0.39 is 11.6 Å². The van der Waals surface area contributed by atoms with E-state index in [-0.39, 0.29) is 11.9 Å². The van der Waals surface area contributed by atoms with E-state index >= 15 is 0 Å². The Kier molecular flexibility index (Phi) is 4.94. The van der Waals surface area contributed by atoms with Gasteiger partial charge in [0, 0.05) is 11.8 Å². The fraction of sp³-hybridized carbons (Fsp3) is 0.300. The first-order chi connectivity index (χ1) is 12.7. The maximum Gasteiger partial charge on any atom is 0.338 e. The summed E-state index contributed by atoms with van der Waals surface area (Å²) in [5.74, 6) is -0.142. The van der Waals surface area contributed by atoms with Crippen LogP contribution in [0.3, 0.4) is 0 Å². The molecule has 1 amide bonds. The number of rotatable bonds is 4. The van der Waals surface area contributed by atoms with Gasteiger partial charge in [-0.05, 0) is 58.0 Å². The molecule has 3 rings (SSSR count). The van der Waals surface area contributed by atoms with Gasteiger partial charge in [-0.25, -0.2) is 4.79 Å². The predicted molar refractivity (Wildman–Crippen MR) is 100 cm³/mol. The zero-order chi connectivity index (χ0) is 19.6. The van der Waals surface area contributed by atoms with E-state index in [4.69, 9.17) is 4.74 Å². The number of benzene rings is 1. The Hall–Kier alpha value is -3.22. The number of hydrogen-bond donors (Lipinski definition) is 1. The third kappa shape index (κ3) is 4.31. The van der Waals surface area contributed by atoms with Crippen molar-refractivity contribution in [2.24, 2.45) is 0 Å². The van der Waals surface area contributed by atoms with Crippen LogP contribution in [0.1, 0.15) is 60.3 Å². The first-order valence-corrected chi connectivity index (χ1v) is 8.68. The van der Waals surface area contributed by atoms with Gasteiger partial charge in [0.1, 0.15) is 5.60 Å². The molecule has 0 aliphatic heterocycles. The summed E-state index contributed by atoms with van der Waals surface area (Å²) in [5, 5.41) is 11.1. The van der Waals surface area contributed by atoms with Crippen LogP contribution in [-0.4, -0.2) is 32.1 Å². The normalized spacial score (nSPS) is 12.6. The second-order valence-corrected chi connectivity index (χ2v) is 7.26. The Balaban J connectivity index is 1.76. The molecule has 27 heavy (non-hydrogen) atoms. The van der Waals surface area contributed by atoms with Crippen molar-refractivity contribution >= 4 is 17.5 Å². The van der Waals surface area contributed by atoms with Crippen molar-refractivity contribution in [2.45, 2.75) is 39.3 Å². The summed E-state index contributed by atoms with van der Waals surface area (Å²) < 4.78 is 7.18. The quantitative estimate of drug-likeness (QED) is 0.717. The number of esters is 1. The monoisotopic (exact) mass is 366 g/mol. The van der Waals surface area contributed by atoms with Crippen molar-refractivity contribution in [3.05, 3.63) is 65.6 Å². The van der Waals surface area contributed by atoms with Crippen LogP contribution in [0, 0.1) is 0 Å². The van der Waals surface area contributed by atoms with Crippen LogP contribution in [0.5, 0.6) is 0 Å². The predicted octanol–water partition coefficient (Wildman–Crippen LogP) is 3.18. The molecular formula is C20H22N4O3. The van der Waals surface area contributed by atoms with Gasteiger partial charge in [-0.1, -0.05) is 12.1 Å². The lowest BCUT2D eigenvalue weighted by Crippen LogP contribution is -2.28. The molecule has 2 heterocycles. The summed E-state index contributed by atoms with van der Waals surface area (Å²) in [6, 6.07) is 11.7. The van der Waals surface area contributed by atoms with E-state index in [1.807, 2.05) is 35.7 Å². The Bertz CT molecular complexity index is 988. The Morgan fingerprint density at radius 2 is 1.81 bits per heavy atom. The van der Waals surface area contributed by atoms with Crippen LogP contribution in [0.25, 0.3) is 5.65 Å². The Morgan fingerprint density at radius 3 is 2.56 bits per heavy atom. The molecule has 0 saturated carbocycles. The van der Waals surface area contributed by atoms with Crippen LogP contribution >= 0.6 is 0 Å². The summed E-state index contributed by atoms with van der Waals surface area (Å²) in [6.07, 6.45) is 1.84. The molecule has 0 aliphatic carbocycles. The van der Waals surface area contributed by atoms with E-state index in [0.29, 0.717) is 22.6 Å². The minimum atomic E-state index is -0.599. The fourth-order valence-corrected chi connectivity index (χ4v) is 2.62. The minimum absolute atomic E-state index is 0.305. The number of pyridine rings is 1. The van der Waals surface area contributed by atoms with Crippen LogP contribution in [0.2, 0.25) is 0 Å². The molecular weight excluding hydrogens is 344 g/mol. The molecule has 0 spiro atoms. The molecule has 0 saturated heterocycles. The molecule has 1 aromatic carbocycles. The molecule has 0 radical (unpaired) electrons. The van der Waals surface area contributed by atoms with Gasteiger partial charge < -0.3 is 10.1 Å². The van der Waals surface area contributed by atoms with E-state index in [1.54, 1.807) is 39.0 Å². The number of aromatic nitrogens is 3. The first kappa shape index (κ1) is 18.6. The number of fused-ring (bicyclic) bond motifs is 1. The third-order valence-electron chi connectivity index (χ3n) is 3.83. The van der Waals surface area contributed by atoms with Gasteiger partial charge in [0.15, 0.2) is 11.5 Å². The zero-order valence-electron chi connectivity index (χ0n) is 15.8. The summed E-state index contributed by atoms with van der Waals surface area (Å²) in [4.78, 5) is 24.8. The molecule has 7 nitrogen and oxygen atoms in total. The molecule has 0 aliphatic rings. The number of nitrogens with one attached hydrogen (secondary N) is 1. The van der Waals surface area contributed by atoms with Gasteiger partial charge in [0.2, 0.25) is 0 Å². The van der Waals surface area contributed by atoms with Gasteiger partial charge in [-0.15, -0.1) is 10.2 Å². The highest BCUT2D eigenvalue weighted by Crippen LogP contribution is 2.15. The second kappa shape index (κ2) is 7.19. The van der Waals surface area contributed by atoms with Crippen molar-refractivity contribution in [2.75, 3.05) is 0 Å². The van der Waals surface area contributed by atoms with E-state index in [0.717, 1.165) is 0 Å². The average Bonchev–Trinajstić information content (AvgIpc) is 3.04. The smallest absolute Gasteiger partial charge is 0.338 e. The Labute approximate surface area is 157 Å². The second-order valence-electron chi connectivity index (χ2n) is 7.26. The molecule has 1 atom stereocenters. The van der Waals surface area contributed by atoms with Gasteiger partial charge >= 0.3 is 5.97 Å². The topological polar surface area (TPSA) is 85.6 Å².